The summed E-state index contributed by atoms with van der Waals surface area (Å²) in [6.07, 6.45) is 1.16. The first-order valence-corrected chi connectivity index (χ1v) is 3.76. The quantitative estimate of drug-likeness (QED) is 0.590. The molecule has 0 spiro atoms. The fourth-order valence-corrected chi connectivity index (χ4v) is 1.11. The molecule has 1 N–H and O–H groups in total. The Labute approximate surface area is 60.9 Å². The van der Waals surface area contributed by atoms with Crippen molar-refractivity contribution in [1.29, 1.82) is 0 Å². The maximum atomic E-state index is 9.20. The standard InChI is InChI=1S/C7H14O3/c1-2-9-7(8)6-4-3-5-10-6/h6-8H,2-5H2,1H3. The van der Waals surface area contributed by atoms with Gasteiger partial charge in [-0.3, -0.25) is 0 Å². The van der Waals surface area contributed by atoms with E-state index in [0.29, 0.717) is 6.61 Å². The number of hydrogen-bond acceptors (Lipinski definition) is 3. The molecular formula is C7H14O3. The number of aliphatic hydroxyl groups excluding tert-OH is 1. The lowest BCUT2D eigenvalue weighted by atomic mass is 10.2. The van der Waals surface area contributed by atoms with Crippen molar-refractivity contribution in [1.82, 2.24) is 0 Å². The molecule has 0 aromatic carbocycles. The lowest BCUT2D eigenvalue weighted by Gasteiger charge is -2.16. The number of aliphatic hydroxyl groups is 1. The van der Waals surface area contributed by atoms with E-state index in [1.807, 2.05) is 6.92 Å². The minimum absolute atomic E-state index is 0.0834. The van der Waals surface area contributed by atoms with E-state index in [0.717, 1.165) is 19.4 Å². The fraction of sp³-hybridized carbons (Fsp3) is 1.00. The van der Waals surface area contributed by atoms with Gasteiger partial charge in [0.15, 0.2) is 6.29 Å². The van der Waals surface area contributed by atoms with Crippen molar-refractivity contribution in [3.63, 3.8) is 0 Å². The van der Waals surface area contributed by atoms with Gasteiger partial charge in [-0.25, -0.2) is 0 Å². The zero-order valence-corrected chi connectivity index (χ0v) is 6.25. The van der Waals surface area contributed by atoms with Crippen LogP contribution in [0.5, 0.6) is 0 Å². The minimum Gasteiger partial charge on any atom is -0.373 e. The Morgan fingerprint density at radius 3 is 3.10 bits per heavy atom. The Bertz CT molecular complexity index is 88.9. The summed E-state index contributed by atoms with van der Waals surface area (Å²) in [6, 6.07) is 0. The highest BCUT2D eigenvalue weighted by Gasteiger charge is 2.23. The van der Waals surface area contributed by atoms with Crippen LogP contribution < -0.4 is 0 Å². The summed E-state index contributed by atoms with van der Waals surface area (Å²) in [7, 11) is 0. The first-order valence-electron chi connectivity index (χ1n) is 3.76. The summed E-state index contributed by atoms with van der Waals surface area (Å²) >= 11 is 0. The fourth-order valence-electron chi connectivity index (χ4n) is 1.11. The van der Waals surface area contributed by atoms with Gasteiger partial charge in [-0.05, 0) is 19.8 Å². The van der Waals surface area contributed by atoms with Crippen LogP contribution in [0.25, 0.3) is 0 Å². The van der Waals surface area contributed by atoms with Crippen LogP contribution in [0.3, 0.4) is 0 Å². The van der Waals surface area contributed by atoms with Gasteiger partial charge in [-0.1, -0.05) is 0 Å². The van der Waals surface area contributed by atoms with E-state index in [1.54, 1.807) is 0 Å². The van der Waals surface area contributed by atoms with Crippen molar-refractivity contribution in [2.45, 2.75) is 32.2 Å². The molecule has 0 amide bonds. The Morgan fingerprint density at radius 2 is 2.60 bits per heavy atom. The second-order valence-electron chi connectivity index (χ2n) is 2.40. The Kier molecular flexibility index (Phi) is 3.12. The molecule has 3 nitrogen and oxygen atoms in total. The van der Waals surface area contributed by atoms with Crippen molar-refractivity contribution in [2.24, 2.45) is 0 Å². The highest BCUT2D eigenvalue weighted by atomic mass is 16.6. The van der Waals surface area contributed by atoms with E-state index in [-0.39, 0.29) is 6.10 Å². The smallest absolute Gasteiger partial charge is 0.181 e. The van der Waals surface area contributed by atoms with Crippen LogP contribution >= 0.6 is 0 Å². The molecule has 1 aliphatic heterocycles. The largest absolute Gasteiger partial charge is 0.373 e. The molecule has 60 valence electrons. The predicted octanol–water partition coefficient (Wildman–Crippen LogP) is 0.520. The topological polar surface area (TPSA) is 38.7 Å². The van der Waals surface area contributed by atoms with Crippen LogP contribution in [0, 0.1) is 0 Å². The molecule has 0 bridgehead atoms. The first-order chi connectivity index (χ1) is 4.84. The summed E-state index contributed by atoms with van der Waals surface area (Å²) < 4.78 is 10.1. The van der Waals surface area contributed by atoms with Crippen molar-refractivity contribution in [2.75, 3.05) is 13.2 Å². The molecule has 1 heterocycles. The zero-order chi connectivity index (χ0) is 7.40. The molecule has 3 heteroatoms. The lowest BCUT2D eigenvalue weighted by Crippen LogP contribution is -2.27. The average Bonchev–Trinajstić information content (AvgIpc) is 2.38. The van der Waals surface area contributed by atoms with E-state index in [4.69, 9.17) is 9.47 Å². The second kappa shape index (κ2) is 3.91. The van der Waals surface area contributed by atoms with Crippen LogP contribution in [0.1, 0.15) is 19.8 Å². The van der Waals surface area contributed by atoms with Gasteiger partial charge < -0.3 is 14.6 Å². The molecule has 2 unspecified atom stereocenters. The Morgan fingerprint density at radius 1 is 1.80 bits per heavy atom. The van der Waals surface area contributed by atoms with Gasteiger partial charge in [-0.2, -0.15) is 0 Å². The molecule has 0 radical (unpaired) electrons. The van der Waals surface area contributed by atoms with Gasteiger partial charge in [0.1, 0.15) is 6.10 Å². The van der Waals surface area contributed by atoms with E-state index in [2.05, 4.69) is 0 Å². The normalized spacial score (nSPS) is 28.8. The van der Waals surface area contributed by atoms with Gasteiger partial charge >= 0.3 is 0 Å². The van der Waals surface area contributed by atoms with E-state index >= 15 is 0 Å². The molecule has 1 aliphatic rings. The molecule has 0 saturated carbocycles. The second-order valence-corrected chi connectivity index (χ2v) is 2.40. The van der Waals surface area contributed by atoms with Crippen LogP contribution in [0.4, 0.5) is 0 Å². The average molecular weight is 146 g/mol. The summed E-state index contributed by atoms with van der Waals surface area (Å²) in [5.41, 5.74) is 0. The highest BCUT2D eigenvalue weighted by Crippen LogP contribution is 2.15. The molecule has 10 heavy (non-hydrogen) atoms. The van der Waals surface area contributed by atoms with E-state index in [9.17, 15) is 5.11 Å². The summed E-state index contributed by atoms with van der Waals surface area (Å²) in [5, 5.41) is 9.20. The number of rotatable bonds is 3. The predicted molar refractivity (Wildman–Crippen MR) is 36.6 cm³/mol. The number of hydrogen-bond donors (Lipinski definition) is 1. The monoisotopic (exact) mass is 146 g/mol. The third-order valence-corrected chi connectivity index (χ3v) is 1.62. The molecule has 0 aliphatic carbocycles. The molecule has 2 atom stereocenters. The third kappa shape index (κ3) is 1.94. The lowest BCUT2D eigenvalue weighted by molar-refractivity contribution is -0.161. The molecule has 1 fully saturated rings. The van der Waals surface area contributed by atoms with Crippen LogP contribution in [0.2, 0.25) is 0 Å². The summed E-state index contributed by atoms with van der Waals surface area (Å²) in [5.74, 6) is 0. The SMILES string of the molecule is CCOC(O)C1CCCO1. The van der Waals surface area contributed by atoms with Crippen LogP contribution in [-0.4, -0.2) is 30.7 Å². The van der Waals surface area contributed by atoms with Gasteiger partial charge in [0.05, 0.1) is 0 Å². The van der Waals surface area contributed by atoms with E-state index in [1.165, 1.54) is 0 Å². The van der Waals surface area contributed by atoms with Gasteiger partial charge in [0.25, 0.3) is 0 Å². The molecule has 1 saturated heterocycles. The van der Waals surface area contributed by atoms with Crippen molar-refractivity contribution >= 4 is 0 Å². The minimum atomic E-state index is -0.715. The molecule has 0 aromatic heterocycles. The Hall–Kier alpha value is -0.120. The molecule has 0 aromatic rings. The van der Waals surface area contributed by atoms with Crippen LogP contribution in [0.15, 0.2) is 0 Å². The number of ether oxygens (including phenoxy) is 2. The van der Waals surface area contributed by atoms with Gasteiger partial charge in [0, 0.05) is 13.2 Å². The van der Waals surface area contributed by atoms with Gasteiger partial charge in [0.2, 0.25) is 0 Å². The maximum absolute atomic E-state index is 9.20. The summed E-state index contributed by atoms with van der Waals surface area (Å²) in [4.78, 5) is 0. The van der Waals surface area contributed by atoms with Crippen molar-refractivity contribution in [3.8, 4) is 0 Å². The van der Waals surface area contributed by atoms with E-state index < -0.39 is 6.29 Å². The highest BCUT2D eigenvalue weighted by molar-refractivity contribution is 4.66. The third-order valence-electron chi connectivity index (χ3n) is 1.62. The van der Waals surface area contributed by atoms with Crippen molar-refractivity contribution < 1.29 is 14.6 Å². The maximum Gasteiger partial charge on any atom is 0.181 e. The zero-order valence-electron chi connectivity index (χ0n) is 6.25. The summed E-state index contributed by atoms with van der Waals surface area (Å²) in [6.45, 7) is 3.16. The first kappa shape index (κ1) is 7.98. The Balaban J connectivity index is 2.18. The molecule has 1 rings (SSSR count). The van der Waals surface area contributed by atoms with Crippen molar-refractivity contribution in [3.05, 3.63) is 0 Å². The van der Waals surface area contributed by atoms with Gasteiger partial charge in [-0.15, -0.1) is 0 Å². The van der Waals surface area contributed by atoms with Crippen LogP contribution in [-0.2, 0) is 9.47 Å². The molecular weight excluding hydrogens is 132 g/mol.